The van der Waals surface area contributed by atoms with E-state index in [1.165, 1.54) is 5.69 Å². The Morgan fingerprint density at radius 1 is 0.767 bits per heavy atom. The molecule has 0 spiro atoms. The van der Waals surface area contributed by atoms with Crippen LogP contribution >= 0.6 is 0 Å². The van der Waals surface area contributed by atoms with Crippen molar-refractivity contribution in [2.75, 3.05) is 43.4 Å². The highest BCUT2D eigenvalue weighted by Crippen LogP contribution is 2.29. The smallest absolute Gasteiger partial charge is 0.255 e. The quantitative estimate of drug-likeness (QED) is 0.530. The van der Waals surface area contributed by atoms with Crippen molar-refractivity contribution in [1.82, 2.24) is 4.90 Å². The second-order valence-corrected chi connectivity index (χ2v) is 7.98. The Balaban J connectivity index is 1.48. The van der Waals surface area contributed by atoms with E-state index in [9.17, 15) is 4.79 Å². The molecule has 1 heterocycles. The molecule has 0 unspecified atom stereocenters. The Kier molecular flexibility index (Phi) is 4.85. The normalized spacial score (nSPS) is 14.9. The number of piperazine rings is 1. The van der Waals surface area contributed by atoms with Crippen molar-refractivity contribution in [2.24, 2.45) is 0 Å². The predicted octanol–water partition coefficient (Wildman–Crippen LogP) is 5.00. The third kappa shape index (κ3) is 3.51. The van der Waals surface area contributed by atoms with E-state index < -0.39 is 0 Å². The van der Waals surface area contributed by atoms with Gasteiger partial charge in [-0.3, -0.25) is 4.79 Å². The van der Waals surface area contributed by atoms with Crippen LogP contribution in [0, 0.1) is 0 Å². The van der Waals surface area contributed by atoms with E-state index in [-0.39, 0.29) is 5.91 Å². The van der Waals surface area contributed by atoms with E-state index in [1.54, 1.807) is 0 Å². The first-order valence-electron chi connectivity index (χ1n) is 10.4. The Hall–Kier alpha value is -3.37. The molecule has 1 fully saturated rings. The molecule has 1 N–H and O–H groups in total. The van der Waals surface area contributed by atoms with Gasteiger partial charge in [0.05, 0.1) is 0 Å². The number of carbonyl (C=O) groups excluding carboxylic acids is 1. The van der Waals surface area contributed by atoms with Crippen LogP contribution in [0.1, 0.15) is 10.4 Å². The minimum Gasteiger partial charge on any atom is -0.368 e. The summed E-state index contributed by atoms with van der Waals surface area (Å²) < 4.78 is 0. The lowest BCUT2D eigenvalue weighted by Crippen LogP contribution is -2.44. The minimum absolute atomic E-state index is 0.0820. The molecule has 5 rings (SSSR count). The van der Waals surface area contributed by atoms with Gasteiger partial charge in [-0.15, -0.1) is 0 Å². The fourth-order valence-corrected chi connectivity index (χ4v) is 4.25. The molecule has 30 heavy (non-hydrogen) atoms. The molecule has 4 heteroatoms. The fourth-order valence-electron chi connectivity index (χ4n) is 4.25. The van der Waals surface area contributed by atoms with Crippen molar-refractivity contribution < 1.29 is 4.79 Å². The van der Waals surface area contributed by atoms with Gasteiger partial charge in [-0.25, -0.2) is 0 Å². The standard InChI is InChI=1S/C26H25N3O/c1-28-14-16-29(17-15-28)25-11-5-8-20-12-13-21(18-23(20)25)26(30)27-24-10-4-7-19-6-2-3-9-22(19)24/h2-13,18H,14-17H2,1H3,(H,27,30). The summed E-state index contributed by atoms with van der Waals surface area (Å²) in [6, 6.07) is 26.5. The van der Waals surface area contributed by atoms with Gasteiger partial charge in [0.2, 0.25) is 0 Å². The number of carbonyl (C=O) groups is 1. The maximum atomic E-state index is 13.1. The van der Waals surface area contributed by atoms with Crippen LogP contribution in [0.25, 0.3) is 21.5 Å². The number of likely N-dealkylation sites (N-methyl/N-ethyl adjacent to an activating group) is 1. The number of fused-ring (bicyclic) bond motifs is 2. The first-order valence-corrected chi connectivity index (χ1v) is 10.4. The van der Waals surface area contributed by atoms with Gasteiger partial charge in [0, 0.05) is 53.9 Å². The molecule has 1 saturated heterocycles. The van der Waals surface area contributed by atoms with E-state index in [4.69, 9.17) is 0 Å². The SMILES string of the molecule is CN1CCN(c2cccc3ccc(C(=O)Nc4cccc5ccccc45)cc23)CC1. The lowest BCUT2D eigenvalue weighted by atomic mass is 10.0. The fraction of sp³-hybridized carbons (Fsp3) is 0.192. The van der Waals surface area contributed by atoms with Gasteiger partial charge in [-0.2, -0.15) is 0 Å². The topological polar surface area (TPSA) is 35.6 Å². The summed E-state index contributed by atoms with van der Waals surface area (Å²) in [7, 11) is 2.16. The van der Waals surface area contributed by atoms with Gasteiger partial charge >= 0.3 is 0 Å². The zero-order chi connectivity index (χ0) is 20.5. The average Bonchev–Trinajstić information content (AvgIpc) is 2.79. The van der Waals surface area contributed by atoms with Crippen LogP contribution in [0.3, 0.4) is 0 Å². The number of nitrogens with zero attached hydrogens (tertiary/aromatic N) is 2. The minimum atomic E-state index is -0.0820. The van der Waals surface area contributed by atoms with E-state index in [1.807, 2.05) is 48.5 Å². The molecule has 0 atom stereocenters. The summed E-state index contributed by atoms with van der Waals surface area (Å²) in [6.45, 7) is 4.11. The van der Waals surface area contributed by atoms with Crippen molar-refractivity contribution in [3.63, 3.8) is 0 Å². The van der Waals surface area contributed by atoms with E-state index in [0.717, 1.165) is 53.4 Å². The van der Waals surface area contributed by atoms with Gasteiger partial charge in [0.25, 0.3) is 5.91 Å². The lowest BCUT2D eigenvalue weighted by Gasteiger charge is -2.34. The molecular weight excluding hydrogens is 370 g/mol. The Bertz CT molecular complexity index is 1220. The number of nitrogens with one attached hydrogen (secondary N) is 1. The molecule has 4 aromatic rings. The number of benzene rings is 4. The van der Waals surface area contributed by atoms with E-state index >= 15 is 0 Å². The molecule has 0 aromatic heterocycles. The molecule has 0 radical (unpaired) electrons. The summed E-state index contributed by atoms with van der Waals surface area (Å²) in [5.41, 5.74) is 2.72. The maximum absolute atomic E-state index is 13.1. The van der Waals surface area contributed by atoms with Crippen LogP contribution in [0.15, 0.2) is 78.9 Å². The van der Waals surface area contributed by atoms with Crippen molar-refractivity contribution in [3.05, 3.63) is 84.4 Å². The van der Waals surface area contributed by atoms with Crippen LogP contribution in [0.5, 0.6) is 0 Å². The number of hydrogen-bond donors (Lipinski definition) is 1. The van der Waals surface area contributed by atoms with Gasteiger partial charge in [0.1, 0.15) is 0 Å². The molecule has 1 aliphatic rings. The molecule has 0 aliphatic carbocycles. The third-order valence-electron chi connectivity index (χ3n) is 6.00. The zero-order valence-corrected chi connectivity index (χ0v) is 17.1. The van der Waals surface area contributed by atoms with Gasteiger partial charge in [-0.05, 0) is 42.1 Å². The summed E-state index contributed by atoms with van der Waals surface area (Å²) in [6.07, 6.45) is 0. The predicted molar refractivity (Wildman–Crippen MR) is 126 cm³/mol. The lowest BCUT2D eigenvalue weighted by molar-refractivity contribution is 0.102. The first-order chi connectivity index (χ1) is 14.7. The van der Waals surface area contributed by atoms with Crippen LogP contribution in [-0.2, 0) is 0 Å². The molecule has 4 nitrogen and oxygen atoms in total. The largest absolute Gasteiger partial charge is 0.368 e. The second kappa shape index (κ2) is 7.81. The highest BCUT2D eigenvalue weighted by Gasteiger charge is 2.17. The van der Waals surface area contributed by atoms with Gasteiger partial charge < -0.3 is 15.1 Å². The number of anilines is 2. The van der Waals surface area contributed by atoms with Crippen LogP contribution in [0.2, 0.25) is 0 Å². The van der Waals surface area contributed by atoms with Crippen molar-refractivity contribution in [1.29, 1.82) is 0 Å². The highest BCUT2D eigenvalue weighted by molar-refractivity contribution is 6.11. The highest BCUT2D eigenvalue weighted by atomic mass is 16.1. The number of hydrogen-bond acceptors (Lipinski definition) is 3. The first kappa shape index (κ1) is 18.6. The maximum Gasteiger partial charge on any atom is 0.255 e. The van der Waals surface area contributed by atoms with Crippen molar-refractivity contribution in [3.8, 4) is 0 Å². The third-order valence-corrected chi connectivity index (χ3v) is 6.00. The summed E-state index contributed by atoms with van der Waals surface area (Å²) in [5, 5.41) is 7.57. The zero-order valence-electron chi connectivity index (χ0n) is 17.1. The summed E-state index contributed by atoms with van der Waals surface area (Å²) in [4.78, 5) is 17.9. The summed E-state index contributed by atoms with van der Waals surface area (Å²) in [5.74, 6) is -0.0820. The number of rotatable bonds is 3. The van der Waals surface area contributed by atoms with Gasteiger partial charge in [0.15, 0.2) is 0 Å². The van der Waals surface area contributed by atoms with Crippen molar-refractivity contribution >= 4 is 38.8 Å². The van der Waals surface area contributed by atoms with E-state index in [2.05, 4.69) is 52.5 Å². The molecule has 1 aliphatic heterocycles. The molecule has 0 bridgehead atoms. The molecule has 1 amide bonds. The summed E-state index contributed by atoms with van der Waals surface area (Å²) >= 11 is 0. The Labute approximate surface area is 176 Å². The van der Waals surface area contributed by atoms with E-state index in [0.29, 0.717) is 5.56 Å². The Morgan fingerprint density at radius 2 is 1.47 bits per heavy atom. The number of amides is 1. The monoisotopic (exact) mass is 395 g/mol. The second-order valence-electron chi connectivity index (χ2n) is 7.98. The van der Waals surface area contributed by atoms with Crippen molar-refractivity contribution in [2.45, 2.75) is 0 Å². The Morgan fingerprint density at radius 3 is 2.30 bits per heavy atom. The molecule has 150 valence electrons. The molecular formula is C26H25N3O. The molecule has 4 aromatic carbocycles. The van der Waals surface area contributed by atoms with Crippen LogP contribution in [-0.4, -0.2) is 44.0 Å². The average molecular weight is 396 g/mol. The van der Waals surface area contributed by atoms with Crippen LogP contribution in [0.4, 0.5) is 11.4 Å². The molecule has 0 saturated carbocycles. The van der Waals surface area contributed by atoms with Crippen LogP contribution < -0.4 is 10.2 Å². The van der Waals surface area contributed by atoms with Gasteiger partial charge in [-0.1, -0.05) is 54.6 Å².